The molecule has 5 unspecified atom stereocenters. The van der Waals surface area contributed by atoms with Crippen molar-refractivity contribution in [3.8, 4) is 0 Å². The molecule has 5 atom stereocenters. The monoisotopic (exact) mass is 865 g/mol. The highest BCUT2D eigenvalue weighted by Gasteiger charge is 2.34. The van der Waals surface area contributed by atoms with Gasteiger partial charge in [-0.25, -0.2) is 0 Å². The Bertz CT molecular complexity index is 1950. The first-order chi connectivity index (χ1) is 29.1. The number of primary amides is 1. The molecule has 0 heterocycles. The maximum atomic E-state index is 13.5. The first-order valence-corrected chi connectivity index (χ1v) is 19.7. The van der Waals surface area contributed by atoms with E-state index in [-0.39, 0.29) is 30.9 Å². The Morgan fingerprint density at radius 2 is 1.19 bits per heavy atom. The predicted octanol–water partition coefficient (Wildman–Crippen LogP) is -0.333. The number of guanidine groups is 1. The second kappa shape index (κ2) is 24.8. The number of aliphatic carboxylic acids is 1. The van der Waals surface area contributed by atoms with E-state index in [9.17, 15) is 38.4 Å². The number of carboxylic acids is 1. The number of carbonyl (C=O) groups excluding carboxylic acids is 7. The van der Waals surface area contributed by atoms with Crippen molar-refractivity contribution < 1.29 is 43.5 Å². The number of rotatable bonds is 24. The van der Waals surface area contributed by atoms with Gasteiger partial charge >= 0.3 is 5.97 Å². The van der Waals surface area contributed by atoms with Crippen LogP contribution in [0.1, 0.15) is 64.2 Å². The minimum atomic E-state index is -1.55. The lowest BCUT2D eigenvalue weighted by Crippen LogP contribution is -2.60. The van der Waals surface area contributed by atoms with E-state index in [0.29, 0.717) is 11.4 Å². The van der Waals surface area contributed by atoms with Crippen molar-refractivity contribution in [3.05, 3.63) is 54.1 Å². The molecule has 0 fully saturated rings. The predicted molar refractivity (Wildman–Crippen MR) is 230 cm³/mol. The summed E-state index contributed by atoms with van der Waals surface area (Å²) in [5.41, 5.74) is 18.4. The summed E-state index contributed by atoms with van der Waals surface area (Å²) in [5.74, 6) is -8.28. The molecule has 2 rings (SSSR count). The molecule has 2 aromatic carbocycles. The molecule has 0 aliphatic heterocycles. The fraction of sp³-hybridized carbons (Fsp3) is 0.475. The van der Waals surface area contributed by atoms with Gasteiger partial charge in [0, 0.05) is 31.9 Å². The second-order valence-electron chi connectivity index (χ2n) is 15.2. The summed E-state index contributed by atoms with van der Waals surface area (Å²) < 4.78 is 0. The molecule has 0 saturated carbocycles. The van der Waals surface area contributed by atoms with E-state index in [2.05, 4.69) is 47.1 Å². The van der Waals surface area contributed by atoms with Gasteiger partial charge in [-0.3, -0.25) is 43.3 Å². The quantitative estimate of drug-likeness (QED) is 0.0281. The lowest BCUT2D eigenvalue weighted by molar-refractivity contribution is -0.142. The van der Waals surface area contributed by atoms with Crippen LogP contribution in [0.15, 0.2) is 63.8 Å². The van der Waals surface area contributed by atoms with Crippen LogP contribution in [0.5, 0.6) is 0 Å². The number of carbonyl (C=O) groups is 8. The molecule has 2 aromatic rings. The van der Waals surface area contributed by atoms with Crippen molar-refractivity contribution in [1.29, 1.82) is 0 Å². The molecular weight excluding hydrogens is 807 g/mol. The Morgan fingerprint density at radius 1 is 0.661 bits per heavy atom. The molecule has 13 N–H and O–H groups in total. The molecule has 0 saturated heterocycles. The van der Waals surface area contributed by atoms with Crippen LogP contribution in [0.25, 0.3) is 0 Å². The van der Waals surface area contributed by atoms with Gasteiger partial charge < -0.3 is 59.1 Å². The molecule has 0 aliphatic carbocycles. The van der Waals surface area contributed by atoms with Crippen molar-refractivity contribution in [2.24, 2.45) is 44.3 Å². The zero-order valence-electron chi connectivity index (χ0n) is 35.9. The van der Waals surface area contributed by atoms with Gasteiger partial charge in [0.25, 0.3) is 5.91 Å². The van der Waals surface area contributed by atoms with Crippen LogP contribution >= 0.6 is 0 Å². The van der Waals surface area contributed by atoms with Crippen LogP contribution in [0, 0.1) is 11.8 Å². The SMILES string of the molecule is CC(NC(=O)C(CC(N)=O)NC(=O)C(NC(=O)C(NC(=O)CNC(=O)C(CCCN=C(N)N)NC(=O)c1ccc(N=Nc2ccc(N(C)C)cc2)cc1)C(C)C)C(C)C)C(=O)O. The van der Waals surface area contributed by atoms with Gasteiger partial charge in [-0.2, -0.15) is 10.2 Å². The van der Waals surface area contributed by atoms with Crippen LogP contribution in [-0.2, 0) is 33.6 Å². The summed E-state index contributed by atoms with van der Waals surface area (Å²) in [6.07, 6.45) is -0.285. The van der Waals surface area contributed by atoms with E-state index >= 15 is 0 Å². The largest absolute Gasteiger partial charge is 0.480 e. The summed E-state index contributed by atoms with van der Waals surface area (Å²) in [6.45, 7) is 7.20. The normalized spacial score (nSPS) is 13.4. The van der Waals surface area contributed by atoms with Crippen molar-refractivity contribution >= 4 is 70.3 Å². The molecule has 338 valence electrons. The number of nitrogens with two attached hydrogens (primary N) is 3. The topological polar surface area (TPSA) is 347 Å². The fourth-order valence-electron chi connectivity index (χ4n) is 5.50. The molecule has 0 radical (unpaired) electrons. The van der Waals surface area contributed by atoms with E-state index in [1.807, 2.05) is 43.3 Å². The summed E-state index contributed by atoms with van der Waals surface area (Å²) in [6, 6.07) is 7.15. The Balaban J connectivity index is 2.12. The van der Waals surface area contributed by atoms with Crippen LogP contribution in [0.2, 0.25) is 0 Å². The van der Waals surface area contributed by atoms with Gasteiger partial charge in [0.15, 0.2) is 5.96 Å². The number of amides is 7. The molecule has 7 amide bonds. The van der Waals surface area contributed by atoms with E-state index < -0.39 is 102 Å². The first kappa shape index (κ1) is 51.0. The zero-order valence-corrected chi connectivity index (χ0v) is 35.9. The minimum absolute atomic E-state index is 0.0884. The molecule has 22 heteroatoms. The highest BCUT2D eigenvalue weighted by molar-refractivity contribution is 5.99. The van der Waals surface area contributed by atoms with Crippen molar-refractivity contribution in [2.45, 2.75) is 84.1 Å². The van der Waals surface area contributed by atoms with Gasteiger partial charge in [0.1, 0.15) is 30.2 Å². The van der Waals surface area contributed by atoms with Crippen LogP contribution < -0.4 is 54.0 Å². The van der Waals surface area contributed by atoms with Crippen LogP contribution in [-0.4, -0.2) is 116 Å². The van der Waals surface area contributed by atoms with E-state index in [1.165, 1.54) is 19.1 Å². The van der Waals surface area contributed by atoms with Gasteiger partial charge in [0.2, 0.25) is 35.4 Å². The summed E-state index contributed by atoms with van der Waals surface area (Å²) in [5, 5.41) is 32.3. The van der Waals surface area contributed by atoms with Crippen LogP contribution in [0.3, 0.4) is 0 Å². The first-order valence-electron chi connectivity index (χ1n) is 19.7. The highest BCUT2D eigenvalue weighted by atomic mass is 16.4. The second-order valence-corrected chi connectivity index (χ2v) is 15.2. The molecule has 0 aromatic heterocycles. The number of aliphatic imine (C=N–C) groups is 1. The van der Waals surface area contributed by atoms with Gasteiger partial charge in [-0.05, 0) is 80.1 Å². The lowest BCUT2D eigenvalue weighted by Gasteiger charge is -2.28. The number of nitrogens with one attached hydrogen (secondary N) is 6. The standard InChI is InChI=1S/C40H59N13O9/c1-21(2)32(38(60)50-33(22(3)4)37(59)48-29(19-30(41)54)36(58)46-23(5)39(61)62)49-31(55)20-45-35(57)28(9-8-18-44-40(42)43)47-34(56)24-10-12-25(13-11-24)51-52-26-14-16-27(17-15-26)53(6)7/h10-17,21-23,28-29,32-33H,8-9,18-20H2,1-7H3,(H2,41,54)(H,45,57)(H,46,58)(H,47,56)(H,48,59)(H,49,55)(H,50,60)(H,61,62)(H4,42,43,44). The Kier molecular flexibility index (Phi) is 20.4. The third-order valence-corrected chi connectivity index (χ3v) is 9.05. The van der Waals surface area contributed by atoms with Gasteiger partial charge in [0.05, 0.1) is 24.3 Å². The number of hydrogen-bond donors (Lipinski definition) is 10. The third-order valence-electron chi connectivity index (χ3n) is 9.05. The third kappa shape index (κ3) is 17.6. The number of nitrogens with zero attached hydrogens (tertiary/aromatic N) is 4. The molecule has 0 bridgehead atoms. The number of hydrogen-bond acceptors (Lipinski definition) is 12. The van der Waals surface area contributed by atoms with Crippen molar-refractivity contribution in [3.63, 3.8) is 0 Å². The van der Waals surface area contributed by atoms with Gasteiger partial charge in [-0.15, -0.1) is 0 Å². The molecule has 0 aliphatic rings. The van der Waals surface area contributed by atoms with Crippen molar-refractivity contribution in [1.82, 2.24) is 31.9 Å². The number of azo groups is 1. The van der Waals surface area contributed by atoms with Gasteiger partial charge in [-0.1, -0.05) is 27.7 Å². The lowest BCUT2D eigenvalue weighted by atomic mass is 9.99. The number of benzene rings is 2. The average Bonchev–Trinajstić information content (AvgIpc) is 3.20. The summed E-state index contributed by atoms with van der Waals surface area (Å²) >= 11 is 0. The van der Waals surface area contributed by atoms with Crippen LogP contribution in [0.4, 0.5) is 17.1 Å². The average molecular weight is 866 g/mol. The number of carboxylic acid groups (broad SMARTS) is 1. The summed E-state index contributed by atoms with van der Waals surface area (Å²) in [7, 11) is 3.85. The molecule has 0 spiro atoms. The smallest absolute Gasteiger partial charge is 0.325 e. The maximum absolute atomic E-state index is 13.5. The number of anilines is 1. The highest BCUT2D eigenvalue weighted by Crippen LogP contribution is 2.22. The van der Waals surface area contributed by atoms with E-state index in [4.69, 9.17) is 22.3 Å². The van der Waals surface area contributed by atoms with E-state index in [1.54, 1.807) is 39.8 Å². The fourth-order valence-corrected chi connectivity index (χ4v) is 5.50. The Labute approximate surface area is 359 Å². The Hall–Kier alpha value is -7.13. The minimum Gasteiger partial charge on any atom is -0.480 e. The van der Waals surface area contributed by atoms with E-state index in [0.717, 1.165) is 5.69 Å². The zero-order chi connectivity index (χ0) is 46.7. The Morgan fingerprint density at radius 3 is 1.69 bits per heavy atom. The maximum Gasteiger partial charge on any atom is 0.325 e. The van der Waals surface area contributed by atoms with Crippen molar-refractivity contribution in [2.75, 3.05) is 32.1 Å². The molecule has 22 nitrogen and oxygen atoms in total. The molecular formula is C40H59N13O9. The summed E-state index contributed by atoms with van der Waals surface area (Å²) in [4.78, 5) is 108. The molecule has 62 heavy (non-hydrogen) atoms.